The summed E-state index contributed by atoms with van der Waals surface area (Å²) in [4.78, 5) is 24.7. The maximum atomic E-state index is 11.5. The standard InChI is InChI=1S/C11H22N2O4/c1-11(2,3)17-10(15)12-8(7-13(4)5)9(14)16-6/h8H,7H2,1-6H3,(H,12,15). The van der Waals surface area contributed by atoms with Crippen molar-refractivity contribution in [1.82, 2.24) is 10.2 Å². The molecule has 0 aliphatic heterocycles. The normalized spacial score (nSPS) is 13.1. The van der Waals surface area contributed by atoms with E-state index in [1.54, 1.807) is 39.8 Å². The Balaban J connectivity index is 4.43. The Bertz CT molecular complexity index is 271. The minimum absolute atomic E-state index is 0.353. The summed E-state index contributed by atoms with van der Waals surface area (Å²) >= 11 is 0. The van der Waals surface area contributed by atoms with Crippen LogP contribution in [0.15, 0.2) is 0 Å². The minimum Gasteiger partial charge on any atom is -0.467 e. The van der Waals surface area contributed by atoms with Crippen LogP contribution in [0.1, 0.15) is 20.8 Å². The average molecular weight is 246 g/mol. The Morgan fingerprint density at radius 3 is 2.18 bits per heavy atom. The third kappa shape index (κ3) is 7.57. The number of hydrogen-bond acceptors (Lipinski definition) is 5. The SMILES string of the molecule is COC(=O)C(CN(C)C)NC(=O)OC(C)(C)C. The predicted molar refractivity (Wildman–Crippen MR) is 63.7 cm³/mol. The molecule has 0 saturated heterocycles. The van der Waals surface area contributed by atoms with Gasteiger partial charge in [-0.1, -0.05) is 0 Å². The molecule has 1 atom stereocenters. The molecule has 0 aromatic rings. The number of alkyl carbamates (subject to hydrolysis) is 1. The number of carbonyl (C=O) groups excluding carboxylic acids is 2. The first-order valence-corrected chi connectivity index (χ1v) is 5.38. The number of esters is 1. The maximum absolute atomic E-state index is 11.5. The summed E-state index contributed by atoms with van der Waals surface area (Å²) in [6.07, 6.45) is -0.630. The van der Waals surface area contributed by atoms with Crippen molar-refractivity contribution in [1.29, 1.82) is 0 Å². The summed E-state index contributed by atoms with van der Waals surface area (Å²) in [5, 5.41) is 2.48. The summed E-state index contributed by atoms with van der Waals surface area (Å²) in [5.41, 5.74) is -0.594. The third-order valence-electron chi connectivity index (χ3n) is 1.72. The summed E-state index contributed by atoms with van der Waals surface area (Å²) in [7, 11) is 4.88. The number of nitrogens with one attached hydrogen (secondary N) is 1. The Kier molecular flexibility index (Phi) is 5.95. The lowest BCUT2D eigenvalue weighted by molar-refractivity contribution is -0.143. The fourth-order valence-corrected chi connectivity index (χ4v) is 1.14. The number of hydrogen-bond donors (Lipinski definition) is 1. The van der Waals surface area contributed by atoms with E-state index in [2.05, 4.69) is 10.1 Å². The van der Waals surface area contributed by atoms with Crippen molar-refractivity contribution in [3.63, 3.8) is 0 Å². The molecule has 1 unspecified atom stereocenters. The van der Waals surface area contributed by atoms with E-state index in [0.717, 1.165) is 0 Å². The fraction of sp³-hybridized carbons (Fsp3) is 0.818. The van der Waals surface area contributed by atoms with Crippen molar-refractivity contribution in [3.8, 4) is 0 Å². The van der Waals surface area contributed by atoms with E-state index in [9.17, 15) is 9.59 Å². The van der Waals surface area contributed by atoms with Crippen LogP contribution in [0, 0.1) is 0 Å². The molecule has 6 heteroatoms. The second-order valence-electron chi connectivity index (χ2n) is 4.98. The Morgan fingerprint density at radius 2 is 1.82 bits per heavy atom. The molecule has 0 bridgehead atoms. The lowest BCUT2D eigenvalue weighted by Gasteiger charge is -2.24. The second-order valence-corrected chi connectivity index (χ2v) is 4.98. The van der Waals surface area contributed by atoms with E-state index in [-0.39, 0.29) is 0 Å². The Morgan fingerprint density at radius 1 is 1.29 bits per heavy atom. The van der Waals surface area contributed by atoms with Crippen LogP contribution >= 0.6 is 0 Å². The monoisotopic (exact) mass is 246 g/mol. The zero-order valence-corrected chi connectivity index (χ0v) is 11.4. The average Bonchev–Trinajstić information content (AvgIpc) is 2.11. The molecular weight excluding hydrogens is 224 g/mol. The van der Waals surface area contributed by atoms with Crippen LogP contribution in [-0.2, 0) is 14.3 Å². The number of rotatable bonds is 4. The van der Waals surface area contributed by atoms with E-state index < -0.39 is 23.7 Å². The lowest BCUT2D eigenvalue weighted by Crippen LogP contribution is -2.48. The highest BCUT2D eigenvalue weighted by atomic mass is 16.6. The highest BCUT2D eigenvalue weighted by molar-refractivity contribution is 5.81. The molecule has 1 amide bonds. The first-order valence-electron chi connectivity index (χ1n) is 5.38. The van der Waals surface area contributed by atoms with Crippen LogP contribution in [0.2, 0.25) is 0 Å². The van der Waals surface area contributed by atoms with Crippen LogP contribution in [0.3, 0.4) is 0 Å². The molecule has 0 aliphatic carbocycles. The molecule has 0 aliphatic rings. The number of ether oxygens (including phenoxy) is 2. The van der Waals surface area contributed by atoms with Crippen molar-refractivity contribution in [2.24, 2.45) is 0 Å². The highest BCUT2D eigenvalue weighted by Gasteiger charge is 2.25. The summed E-state index contributed by atoms with van der Waals surface area (Å²) in [6, 6.07) is -0.732. The molecular formula is C11H22N2O4. The van der Waals surface area contributed by atoms with Crippen LogP contribution < -0.4 is 5.32 Å². The molecule has 17 heavy (non-hydrogen) atoms. The quantitative estimate of drug-likeness (QED) is 0.736. The van der Waals surface area contributed by atoms with E-state index in [1.807, 2.05) is 0 Å². The number of methoxy groups -OCH3 is 1. The van der Waals surface area contributed by atoms with Crippen molar-refractivity contribution in [3.05, 3.63) is 0 Å². The molecule has 0 radical (unpaired) electrons. The lowest BCUT2D eigenvalue weighted by atomic mass is 10.2. The molecule has 0 spiro atoms. The van der Waals surface area contributed by atoms with Crippen LogP contribution in [0.25, 0.3) is 0 Å². The Labute approximate surface area is 102 Å². The number of likely N-dealkylation sites (N-methyl/N-ethyl adjacent to an activating group) is 1. The van der Waals surface area contributed by atoms with Crippen molar-refractivity contribution >= 4 is 12.1 Å². The summed E-state index contributed by atoms with van der Waals surface area (Å²) in [6.45, 7) is 5.62. The molecule has 6 nitrogen and oxygen atoms in total. The zero-order valence-electron chi connectivity index (χ0n) is 11.4. The minimum atomic E-state index is -0.732. The number of nitrogens with zero attached hydrogens (tertiary/aromatic N) is 1. The van der Waals surface area contributed by atoms with Crippen molar-refractivity contribution in [2.75, 3.05) is 27.7 Å². The topological polar surface area (TPSA) is 67.9 Å². The highest BCUT2D eigenvalue weighted by Crippen LogP contribution is 2.07. The molecule has 1 N–H and O–H groups in total. The Hall–Kier alpha value is -1.30. The molecule has 0 fully saturated rings. The second kappa shape index (κ2) is 6.44. The molecule has 0 aromatic heterocycles. The molecule has 100 valence electrons. The van der Waals surface area contributed by atoms with Crippen LogP contribution in [-0.4, -0.2) is 56.4 Å². The van der Waals surface area contributed by atoms with Gasteiger partial charge in [-0.15, -0.1) is 0 Å². The summed E-state index contributed by atoms with van der Waals surface area (Å²) < 4.78 is 9.68. The van der Waals surface area contributed by atoms with Gasteiger partial charge < -0.3 is 19.7 Å². The predicted octanol–water partition coefficient (Wildman–Crippen LogP) is 0.614. The van der Waals surface area contributed by atoms with Crippen LogP contribution in [0.5, 0.6) is 0 Å². The van der Waals surface area contributed by atoms with Gasteiger partial charge in [0.25, 0.3) is 0 Å². The van der Waals surface area contributed by atoms with Gasteiger partial charge in [0, 0.05) is 6.54 Å². The van der Waals surface area contributed by atoms with Crippen LogP contribution in [0.4, 0.5) is 4.79 Å². The van der Waals surface area contributed by atoms with Gasteiger partial charge in [-0.3, -0.25) is 0 Å². The van der Waals surface area contributed by atoms with Gasteiger partial charge in [0.15, 0.2) is 0 Å². The van der Waals surface area contributed by atoms with E-state index in [0.29, 0.717) is 6.54 Å². The van der Waals surface area contributed by atoms with Gasteiger partial charge in [-0.25, -0.2) is 9.59 Å². The van der Waals surface area contributed by atoms with Gasteiger partial charge >= 0.3 is 12.1 Å². The fourth-order valence-electron chi connectivity index (χ4n) is 1.14. The zero-order chi connectivity index (χ0) is 13.6. The van der Waals surface area contributed by atoms with E-state index >= 15 is 0 Å². The van der Waals surface area contributed by atoms with Crippen molar-refractivity contribution < 1.29 is 19.1 Å². The molecule has 0 aromatic carbocycles. The summed E-state index contributed by atoms with van der Waals surface area (Å²) in [5.74, 6) is -0.496. The first kappa shape index (κ1) is 15.7. The number of carbonyl (C=O) groups is 2. The maximum Gasteiger partial charge on any atom is 0.408 e. The van der Waals surface area contributed by atoms with Gasteiger partial charge in [-0.05, 0) is 34.9 Å². The van der Waals surface area contributed by atoms with Crippen molar-refractivity contribution in [2.45, 2.75) is 32.4 Å². The smallest absolute Gasteiger partial charge is 0.408 e. The molecule has 0 heterocycles. The van der Waals surface area contributed by atoms with Gasteiger partial charge in [0.1, 0.15) is 11.6 Å². The van der Waals surface area contributed by atoms with Gasteiger partial charge in [0.05, 0.1) is 7.11 Å². The molecule has 0 rings (SSSR count). The van der Waals surface area contributed by atoms with E-state index in [1.165, 1.54) is 7.11 Å². The molecule has 0 saturated carbocycles. The number of amides is 1. The van der Waals surface area contributed by atoms with Gasteiger partial charge in [-0.2, -0.15) is 0 Å². The van der Waals surface area contributed by atoms with E-state index in [4.69, 9.17) is 4.74 Å². The van der Waals surface area contributed by atoms with Gasteiger partial charge in [0.2, 0.25) is 0 Å². The third-order valence-corrected chi connectivity index (χ3v) is 1.72. The first-order chi connectivity index (χ1) is 7.65. The largest absolute Gasteiger partial charge is 0.467 e.